The van der Waals surface area contributed by atoms with E-state index in [1.54, 1.807) is 31.4 Å². The van der Waals surface area contributed by atoms with Gasteiger partial charge in [0.1, 0.15) is 17.3 Å². The van der Waals surface area contributed by atoms with E-state index < -0.39 is 6.10 Å². The van der Waals surface area contributed by atoms with Gasteiger partial charge in [-0.25, -0.2) is 9.18 Å². The molecule has 1 unspecified atom stereocenters. The molecule has 0 aliphatic carbocycles. The van der Waals surface area contributed by atoms with Crippen molar-refractivity contribution in [2.45, 2.75) is 45.6 Å². The van der Waals surface area contributed by atoms with E-state index in [9.17, 15) is 9.18 Å². The van der Waals surface area contributed by atoms with E-state index in [0.717, 1.165) is 30.2 Å². The van der Waals surface area contributed by atoms with Gasteiger partial charge in [-0.05, 0) is 62.2 Å². The number of carbonyl (C=O) groups excluding carboxylic acids is 1. The maximum Gasteiger partial charge on any atom is 0.347 e. The molecule has 0 saturated heterocycles. The second kappa shape index (κ2) is 9.40. The fourth-order valence-electron chi connectivity index (χ4n) is 3.14. The van der Waals surface area contributed by atoms with Crippen LogP contribution in [0.15, 0.2) is 53.1 Å². The minimum Gasteiger partial charge on any atom is -0.479 e. The van der Waals surface area contributed by atoms with Gasteiger partial charge < -0.3 is 13.9 Å². The van der Waals surface area contributed by atoms with Crippen LogP contribution in [0.2, 0.25) is 0 Å². The van der Waals surface area contributed by atoms with Crippen molar-refractivity contribution in [1.29, 1.82) is 0 Å². The highest BCUT2D eigenvalue weighted by Gasteiger charge is 2.21. The van der Waals surface area contributed by atoms with Gasteiger partial charge in [-0.1, -0.05) is 19.8 Å². The van der Waals surface area contributed by atoms with Gasteiger partial charge in [-0.15, -0.1) is 0 Å². The standard InChI is InChI=1S/C23H25FO4/c1-3-5-6-7-21(23(25)26-4-2)28-19-11-8-16(9-12-19)22-20-13-10-18(24)14-17(20)15-27-22/h8-15,21H,3-7H2,1-2H3. The molecule has 0 saturated carbocycles. The van der Waals surface area contributed by atoms with Gasteiger partial charge in [-0.2, -0.15) is 0 Å². The minimum absolute atomic E-state index is 0.295. The number of fused-ring (bicyclic) bond motifs is 1. The van der Waals surface area contributed by atoms with Crippen molar-refractivity contribution in [2.75, 3.05) is 6.61 Å². The number of rotatable bonds is 9. The monoisotopic (exact) mass is 384 g/mol. The average Bonchev–Trinajstić information content (AvgIpc) is 3.11. The maximum absolute atomic E-state index is 13.4. The molecule has 0 amide bonds. The molecule has 1 aromatic heterocycles. The van der Waals surface area contributed by atoms with Crippen molar-refractivity contribution < 1.29 is 23.1 Å². The second-order valence-electron chi connectivity index (χ2n) is 6.68. The first-order chi connectivity index (χ1) is 13.6. The zero-order valence-corrected chi connectivity index (χ0v) is 16.2. The van der Waals surface area contributed by atoms with Crippen molar-refractivity contribution in [1.82, 2.24) is 0 Å². The molecule has 4 nitrogen and oxygen atoms in total. The molecular formula is C23H25FO4. The fraction of sp³-hybridized carbons (Fsp3) is 0.348. The smallest absolute Gasteiger partial charge is 0.347 e. The molecule has 1 atom stereocenters. The van der Waals surface area contributed by atoms with Gasteiger partial charge in [0, 0.05) is 16.3 Å². The van der Waals surface area contributed by atoms with Crippen LogP contribution in [0.25, 0.3) is 22.1 Å². The first-order valence-corrected chi connectivity index (χ1v) is 9.72. The van der Waals surface area contributed by atoms with Crippen LogP contribution in [0.5, 0.6) is 5.75 Å². The summed E-state index contributed by atoms with van der Waals surface area (Å²) in [6, 6.07) is 11.9. The summed E-state index contributed by atoms with van der Waals surface area (Å²) >= 11 is 0. The Kier molecular flexibility index (Phi) is 6.69. The van der Waals surface area contributed by atoms with Crippen molar-refractivity contribution in [3.63, 3.8) is 0 Å². The first kappa shape index (κ1) is 19.9. The summed E-state index contributed by atoms with van der Waals surface area (Å²) in [4.78, 5) is 12.2. The molecule has 0 bridgehead atoms. The molecule has 0 fully saturated rings. The number of furan rings is 1. The Hall–Kier alpha value is -2.82. The summed E-state index contributed by atoms with van der Waals surface area (Å²) in [7, 11) is 0. The number of hydrogen-bond donors (Lipinski definition) is 0. The van der Waals surface area contributed by atoms with E-state index >= 15 is 0 Å². The molecule has 3 aromatic rings. The highest BCUT2D eigenvalue weighted by atomic mass is 19.1. The zero-order chi connectivity index (χ0) is 19.9. The van der Waals surface area contributed by atoms with Crippen LogP contribution in [-0.4, -0.2) is 18.7 Å². The van der Waals surface area contributed by atoms with E-state index in [0.29, 0.717) is 29.9 Å². The third kappa shape index (κ3) is 4.71. The molecule has 3 rings (SSSR count). The summed E-state index contributed by atoms with van der Waals surface area (Å²) in [5.74, 6) is 0.644. The van der Waals surface area contributed by atoms with E-state index in [2.05, 4.69) is 6.92 Å². The predicted octanol–water partition coefficient (Wildman–Crippen LogP) is 6.13. The minimum atomic E-state index is -0.607. The molecule has 148 valence electrons. The molecule has 0 radical (unpaired) electrons. The van der Waals surface area contributed by atoms with Gasteiger partial charge in [0.25, 0.3) is 0 Å². The third-order valence-electron chi connectivity index (χ3n) is 4.58. The van der Waals surface area contributed by atoms with Crippen molar-refractivity contribution >= 4 is 16.7 Å². The summed E-state index contributed by atoms with van der Waals surface area (Å²) in [6.45, 7) is 4.23. The second-order valence-corrected chi connectivity index (χ2v) is 6.68. The van der Waals surface area contributed by atoms with Crippen LogP contribution in [0.3, 0.4) is 0 Å². The molecule has 1 heterocycles. The van der Waals surface area contributed by atoms with Crippen molar-refractivity contribution in [2.24, 2.45) is 0 Å². The zero-order valence-electron chi connectivity index (χ0n) is 16.2. The van der Waals surface area contributed by atoms with Crippen molar-refractivity contribution in [3.8, 4) is 17.1 Å². The number of benzene rings is 2. The number of unbranched alkanes of at least 4 members (excludes halogenated alkanes) is 2. The summed E-state index contributed by atoms with van der Waals surface area (Å²) in [5, 5.41) is 1.56. The van der Waals surface area contributed by atoms with E-state index in [-0.39, 0.29) is 11.8 Å². The Labute approximate surface area is 164 Å². The van der Waals surface area contributed by atoms with Crippen LogP contribution in [0, 0.1) is 5.82 Å². The van der Waals surface area contributed by atoms with Crippen LogP contribution in [-0.2, 0) is 9.53 Å². The number of halogens is 1. The maximum atomic E-state index is 13.4. The Morgan fingerprint density at radius 3 is 2.61 bits per heavy atom. The van der Waals surface area contributed by atoms with Crippen LogP contribution in [0.1, 0.15) is 39.5 Å². The van der Waals surface area contributed by atoms with Crippen LogP contribution in [0.4, 0.5) is 4.39 Å². The fourth-order valence-corrected chi connectivity index (χ4v) is 3.14. The Bertz CT molecular complexity index is 914. The van der Waals surface area contributed by atoms with E-state index in [1.165, 1.54) is 12.1 Å². The number of ether oxygens (including phenoxy) is 2. The highest BCUT2D eigenvalue weighted by Crippen LogP contribution is 2.32. The number of hydrogen-bond acceptors (Lipinski definition) is 4. The van der Waals surface area contributed by atoms with Crippen molar-refractivity contribution in [3.05, 3.63) is 54.5 Å². The Balaban J connectivity index is 1.75. The first-order valence-electron chi connectivity index (χ1n) is 9.72. The molecule has 0 spiro atoms. The molecular weight excluding hydrogens is 359 g/mol. The SMILES string of the molecule is CCCCCC(Oc1ccc(-c2occ3cc(F)ccc23)cc1)C(=O)OCC. The molecule has 28 heavy (non-hydrogen) atoms. The molecule has 0 aliphatic rings. The average molecular weight is 384 g/mol. The lowest BCUT2D eigenvalue weighted by Crippen LogP contribution is -2.29. The van der Waals surface area contributed by atoms with Gasteiger partial charge in [0.15, 0.2) is 6.10 Å². The third-order valence-corrected chi connectivity index (χ3v) is 4.58. The lowest BCUT2D eigenvalue weighted by Gasteiger charge is -2.17. The lowest BCUT2D eigenvalue weighted by molar-refractivity contribution is -0.151. The van der Waals surface area contributed by atoms with Crippen LogP contribution < -0.4 is 4.74 Å². The van der Waals surface area contributed by atoms with E-state index in [4.69, 9.17) is 13.9 Å². The Morgan fingerprint density at radius 1 is 1.11 bits per heavy atom. The summed E-state index contributed by atoms with van der Waals surface area (Å²) in [6.07, 6.45) is 4.60. The van der Waals surface area contributed by atoms with Gasteiger partial charge in [0.05, 0.1) is 12.9 Å². The Morgan fingerprint density at radius 2 is 1.89 bits per heavy atom. The van der Waals surface area contributed by atoms with Crippen LogP contribution >= 0.6 is 0 Å². The van der Waals surface area contributed by atoms with Gasteiger partial charge >= 0.3 is 5.97 Å². The van der Waals surface area contributed by atoms with E-state index in [1.807, 2.05) is 12.1 Å². The molecule has 0 aliphatic heterocycles. The highest BCUT2D eigenvalue weighted by molar-refractivity contribution is 5.94. The molecule has 0 N–H and O–H groups in total. The normalized spacial score (nSPS) is 12.1. The molecule has 2 aromatic carbocycles. The number of esters is 1. The quantitative estimate of drug-likeness (QED) is 0.329. The lowest BCUT2D eigenvalue weighted by atomic mass is 10.1. The predicted molar refractivity (Wildman–Crippen MR) is 107 cm³/mol. The molecule has 5 heteroatoms. The summed E-state index contributed by atoms with van der Waals surface area (Å²) < 4.78 is 30.0. The summed E-state index contributed by atoms with van der Waals surface area (Å²) in [5.41, 5.74) is 0.854. The largest absolute Gasteiger partial charge is 0.479 e. The van der Waals surface area contributed by atoms with Gasteiger partial charge in [-0.3, -0.25) is 0 Å². The van der Waals surface area contributed by atoms with Gasteiger partial charge in [0.2, 0.25) is 0 Å². The number of carbonyl (C=O) groups is 1. The topological polar surface area (TPSA) is 48.7 Å².